The number of nitrogens with one attached hydrogen (secondary N) is 2. The summed E-state index contributed by atoms with van der Waals surface area (Å²) >= 11 is 0. The molecule has 0 aliphatic carbocycles. The van der Waals surface area contributed by atoms with E-state index in [4.69, 9.17) is 9.47 Å². The van der Waals surface area contributed by atoms with Crippen LogP contribution in [-0.4, -0.2) is 29.1 Å². The van der Waals surface area contributed by atoms with Gasteiger partial charge in [-0.1, -0.05) is 36.4 Å². The van der Waals surface area contributed by atoms with Crippen molar-refractivity contribution in [3.63, 3.8) is 0 Å². The van der Waals surface area contributed by atoms with Crippen molar-refractivity contribution in [1.82, 2.24) is 15.3 Å². The fourth-order valence-corrected chi connectivity index (χ4v) is 3.54. The van der Waals surface area contributed by atoms with Crippen LogP contribution in [0.25, 0.3) is 11.3 Å². The quantitative estimate of drug-likeness (QED) is 0.314. The Morgan fingerprint density at radius 3 is 2.31 bits per heavy atom. The number of hydrogen-bond donors (Lipinski definition) is 2. The molecule has 0 atom stereocenters. The van der Waals surface area contributed by atoms with E-state index in [1.165, 1.54) is 6.33 Å². The number of ether oxygens (including phenoxy) is 2. The van der Waals surface area contributed by atoms with E-state index in [0.29, 0.717) is 42.6 Å². The van der Waals surface area contributed by atoms with Crippen LogP contribution in [-0.2, 0) is 6.54 Å². The summed E-state index contributed by atoms with van der Waals surface area (Å²) in [5.74, 6) is 1.90. The smallest absolute Gasteiger partial charge is 0.251 e. The molecular formula is C28H28N4O3. The van der Waals surface area contributed by atoms with E-state index in [1.807, 2.05) is 80.6 Å². The van der Waals surface area contributed by atoms with Crippen LogP contribution in [0, 0.1) is 0 Å². The van der Waals surface area contributed by atoms with Gasteiger partial charge in [-0.15, -0.1) is 0 Å². The van der Waals surface area contributed by atoms with Gasteiger partial charge in [-0.25, -0.2) is 9.97 Å². The minimum absolute atomic E-state index is 0.156. The van der Waals surface area contributed by atoms with E-state index in [9.17, 15) is 4.79 Å². The Hall–Kier alpha value is -4.39. The number of carbonyl (C=O) groups is 1. The van der Waals surface area contributed by atoms with Gasteiger partial charge in [0.25, 0.3) is 5.91 Å². The third-order valence-electron chi connectivity index (χ3n) is 5.22. The molecule has 0 unspecified atom stereocenters. The monoisotopic (exact) mass is 468 g/mol. The van der Waals surface area contributed by atoms with E-state index in [1.54, 1.807) is 12.1 Å². The number of aromatic nitrogens is 2. The molecule has 2 N–H and O–H groups in total. The fourth-order valence-electron chi connectivity index (χ4n) is 3.54. The summed E-state index contributed by atoms with van der Waals surface area (Å²) in [6.45, 7) is 5.34. The highest BCUT2D eigenvalue weighted by Gasteiger charge is 2.09. The van der Waals surface area contributed by atoms with Gasteiger partial charge < -0.3 is 20.1 Å². The molecule has 1 heterocycles. The molecule has 0 fully saturated rings. The van der Waals surface area contributed by atoms with Gasteiger partial charge in [-0.05, 0) is 55.8 Å². The Kier molecular flexibility index (Phi) is 7.91. The van der Waals surface area contributed by atoms with Gasteiger partial charge >= 0.3 is 0 Å². The molecule has 0 aliphatic rings. The van der Waals surface area contributed by atoms with Crippen molar-refractivity contribution in [1.29, 1.82) is 0 Å². The molecule has 1 aromatic heterocycles. The summed E-state index contributed by atoms with van der Waals surface area (Å²) in [6, 6.07) is 24.8. The molecule has 4 aromatic rings. The second-order valence-electron chi connectivity index (χ2n) is 7.69. The van der Waals surface area contributed by atoms with Gasteiger partial charge in [0, 0.05) is 29.4 Å². The molecule has 0 radical (unpaired) electrons. The third kappa shape index (κ3) is 6.35. The fraction of sp³-hybridized carbons (Fsp3) is 0.179. The van der Waals surface area contributed by atoms with Gasteiger partial charge in [0.2, 0.25) is 0 Å². The van der Waals surface area contributed by atoms with Gasteiger partial charge in [0.15, 0.2) is 11.5 Å². The van der Waals surface area contributed by atoms with E-state index in [-0.39, 0.29) is 5.91 Å². The molecule has 35 heavy (non-hydrogen) atoms. The van der Waals surface area contributed by atoms with Gasteiger partial charge in [0.05, 0.1) is 18.9 Å². The zero-order valence-corrected chi connectivity index (χ0v) is 19.8. The summed E-state index contributed by atoms with van der Waals surface area (Å²) in [6.07, 6.45) is 1.53. The van der Waals surface area contributed by atoms with E-state index >= 15 is 0 Å². The van der Waals surface area contributed by atoms with E-state index < -0.39 is 0 Å². The Balaban J connectivity index is 1.37. The molecule has 0 bridgehead atoms. The van der Waals surface area contributed by atoms with Crippen molar-refractivity contribution in [2.24, 2.45) is 0 Å². The van der Waals surface area contributed by atoms with E-state index in [2.05, 4.69) is 20.6 Å². The van der Waals surface area contributed by atoms with Crippen LogP contribution in [0.5, 0.6) is 11.5 Å². The van der Waals surface area contributed by atoms with Crippen molar-refractivity contribution in [2.75, 3.05) is 18.5 Å². The van der Waals surface area contributed by atoms with Crippen LogP contribution >= 0.6 is 0 Å². The van der Waals surface area contributed by atoms with Gasteiger partial charge in [0.1, 0.15) is 12.1 Å². The van der Waals surface area contributed by atoms with Crippen molar-refractivity contribution >= 4 is 17.4 Å². The van der Waals surface area contributed by atoms with Crippen molar-refractivity contribution in [2.45, 2.75) is 20.4 Å². The number of carbonyl (C=O) groups excluding carboxylic acids is 1. The maximum absolute atomic E-state index is 12.7. The highest BCUT2D eigenvalue weighted by molar-refractivity contribution is 5.94. The number of anilines is 2. The average Bonchev–Trinajstić information content (AvgIpc) is 2.90. The topological polar surface area (TPSA) is 85.4 Å². The van der Waals surface area contributed by atoms with E-state index in [0.717, 1.165) is 22.5 Å². The first-order chi connectivity index (χ1) is 17.2. The molecule has 1 amide bonds. The maximum atomic E-state index is 12.7. The first-order valence-corrected chi connectivity index (χ1v) is 11.6. The molecule has 178 valence electrons. The second kappa shape index (κ2) is 11.7. The lowest BCUT2D eigenvalue weighted by Gasteiger charge is -2.13. The molecule has 0 saturated carbocycles. The lowest BCUT2D eigenvalue weighted by atomic mass is 10.1. The molecule has 7 heteroatoms. The zero-order chi connectivity index (χ0) is 24.5. The number of hydrogen-bond acceptors (Lipinski definition) is 6. The standard InChI is InChI=1S/C28H28N4O3/c1-3-34-25-15-10-20(16-26(25)35-4-2)18-29-28(33)22-11-13-23(14-12-22)32-27-17-24(30-19-31-27)21-8-6-5-7-9-21/h5-17,19H,3-4,18H2,1-2H3,(H,29,33)(H,30,31,32). The van der Waals surface area contributed by atoms with Crippen molar-refractivity contribution in [3.8, 4) is 22.8 Å². The molecule has 0 aliphatic heterocycles. The third-order valence-corrected chi connectivity index (χ3v) is 5.22. The first-order valence-electron chi connectivity index (χ1n) is 11.6. The minimum Gasteiger partial charge on any atom is -0.490 e. The zero-order valence-electron chi connectivity index (χ0n) is 19.8. The molecule has 0 saturated heterocycles. The summed E-state index contributed by atoms with van der Waals surface area (Å²) in [5, 5.41) is 6.22. The number of benzene rings is 3. The summed E-state index contributed by atoms with van der Waals surface area (Å²) in [5.41, 5.74) is 4.18. The molecule has 3 aromatic carbocycles. The predicted molar refractivity (Wildman–Crippen MR) is 137 cm³/mol. The Morgan fingerprint density at radius 1 is 0.829 bits per heavy atom. The number of rotatable bonds is 10. The highest BCUT2D eigenvalue weighted by Crippen LogP contribution is 2.28. The van der Waals surface area contributed by atoms with Crippen LogP contribution in [0.2, 0.25) is 0 Å². The molecule has 7 nitrogen and oxygen atoms in total. The predicted octanol–water partition coefficient (Wildman–Crippen LogP) is 5.61. The Morgan fingerprint density at radius 2 is 1.57 bits per heavy atom. The number of nitrogens with zero attached hydrogens (tertiary/aromatic N) is 2. The number of amides is 1. The Bertz CT molecular complexity index is 1260. The SMILES string of the molecule is CCOc1ccc(CNC(=O)c2ccc(Nc3cc(-c4ccccc4)ncn3)cc2)cc1OCC. The average molecular weight is 469 g/mol. The van der Waals surface area contributed by atoms with Crippen LogP contribution in [0.4, 0.5) is 11.5 Å². The first kappa shape index (κ1) is 23.8. The summed E-state index contributed by atoms with van der Waals surface area (Å²) < 4.78 is 11.3. The second-order valence-corrected chi connectivity index (χ2v) is 7.69. The normalized spacial score (nSPS) is 10.5. The Labute approximate surface area is 205 Å². The molecular weight excluding hydrogens is 440 g/mol. The molecule has 4 rings (SSSR count). The van der Waals surface area contributed by atoms with Crippen molar-refractivity contribution in [3.05, 3.63) is 96.3 Å². The van der Waals surface area contributed by atoms with Crippen LogP contribution in [0.15, 0.2) is 85.2 Å². The lowest BCUT2D eigenvalue weighted by molar-refractivity contribution is 0.0951. The summed E-state index contributed by atoms with van der Waals surface area (Å²) in [4.78, 5) is 21.3. The molecule has 0 spiro atoms. The van der Waals surface area contributed by atoms with Crippen LogP contribution < -0.4 is 20.1 Å². The largest absolute Gasteiger partial charge is 0.490 e. The minimum atomic E-state index is -0.156. The maximum Gasteiger partial charge on any atom is 0.251 e. The van der Waals surface area contributed by atoms with Crippen LogP contribution in [0.3, 0.4) is 0 Å². The van der Waals surface area contributed by atoms with Crippen molar-refractivity contribution < 1.29 is 14.3 Å². The van der Waals surface area contributed by atoms with Gasteiger partial charge in [-0.3, -0.25) is 4.79 Å². The summed E-state index contributed by atoms with van der Waals surface area (Å²) in [7, 11) is 0. The lowest BCUT2D eigenvalue weighted by Crippen LogP contribution is -2.22. The van der Waals surface area contributed by atoms with Gasteiger partial charge in [-0.2, -0.15) is 0 Å². The highest BCUT2D eigenvalue weighted by atomic mass is 16.5. The van der Waals surface area contributed by atoms with Crippen LogP contribution in [0.1, 0.15) is 29.8 Å².